The van der Waals surface area contributed by atoms with Crippen molar-refractivity contribution < 1.29 is 9.53 Å². The van der Waals surface area contributed by atoms with Crippen molar-refractivity contribution in [2.45, 2.75) is 25.9 Å². The highest BCUT2D eigenvalue weighted by molar-refractivity contribution is 5.73. The third kappa shape index (κ3) is 3.56. The van der Waals surface area contributed by atoms with Crippen LogP contribution in [0.5, 0.6) is 5.75 Å². The number of hydrogen-bond donors (Lipinski definition) is 0. The van der Waals surface area contributed by atoms with E-state index in [1.807, 2.05) is 17.9 Å². The molecule has 0 atom stereocenters. The van der Waals surface area contributed by atoms with Crippen molar-refractivity contribution in [2.75, 3.05) is 27.2 Å². The number of amides is 2. The number of piperidine rings is 1. The van der Waals surface area contributed by atoms with E-state index in [2.05, 4.69) is 0 Å². The maximum absolute atomic E-state index is 11.9. The van der Waals surface area contributed by atoms with Gasteiger partial charge < -0.3 is 19.1 Å². The molecule has 1 aliphatic rings. The maximum atomic E-state index is 11.9. The lowest BCUT2D eigenvalue weighted by molar-refractivity contribution is 0.101. The lowest BCUT2D eigenvalue weighted by atomic mass is 10.1. The van der Waals surface area contributed by atoms with Crippen LogP contribution in [0.25, 0.3) is 0 Å². The number of rotatable bonds is 2. The van der Waals surface area contributed by atoms with Crippen molar-refractivity contribution in [3.05, 3.63) is 28.2 Å². The molecule has 116 valence electrons. The molecule has 2 rings (SSSR count). The largest absolute Gasteiger partial charge is 0.490 e. The van der Waals surface area contributed by atoms with Gasteiger partial charge >= 0.3 is 6.03 Å². The predicted octanol–water partition coefficient (Wildman–Crippen LogP) is 1.22. The van der Waals surface area contributed by atoms with Gasteiger partial charge in [0.05, 0.1) is 0 Å². The second kappa shape index (κ2) is 6.20. The van der Waals surface area contributed by atoms with Crippen LogP contribution < -0.4 is 10.3 Å². The van der Waals surface area contributed by atoms with Gasteiger partial charge in [-0.3, -0.25) is 4.79 Å². The third-order valence-corrected chi connectivity index (χ3v) is 3.87. The molecule has 6 nitrogen and oxygen atoms in total. The van der Waals surface area contributed by atoms with E-state index in [1.165, 1.54) is 6.07 Å². The molecule has 0 N–H and O–H groups in total. The van der Waals surface area contributed by atoms with Crippen molar-refractivity contribution in [2.24, 2.45) is 7.05 Å². The van der Waals surface area contributed by atoms with Gasteiger partial charge in [0.15, 0.2) is 0 Å². The van der Waals surface area contributed by atoms with Crippen LogP contribution >= 0.6 is 0 Å². The summed E-state index contributed by atoms with van der Waals surface area (Å²) in [6.45, 7) is 3.25. The van der Waals surface area contributed by atoms with Crippen molar-refractivity contribution in [1.29, 1.82) is 0 Å². The number of pyridine rings is 1. The normalized spacial score (nSPS) is 15.9. The summed E-state index contributed by atoms with van der Waals surface area (Å²) in [5, 5.41) is 0. The van der Waals surface area contributed by atoms with E-state index in [9.17, 15) is 9.59 Å². The fourth-order valence-electron chi connectivity index (χ4n) is 2.44. The van der Waals surface area contributed by atoms with Gasteiger partial charge in [0, 0.05) is 58.8 Å². The molecule has 1 saturated heterocycles. The Kier molecular flexibility index (Phi) is 4.55. The fourth-order valence-corrected chi connectivity index (χ4v) is 2.44. The van der Waals surface area contributed by atoms with E-state index in [1.54, 1.807) is 30.6 Å². The minimum absolute atomic E-state index is 0.0397. The molecule has 2 amide bonds. The molecule has 1 aromatic heterocycles. The Hall–Kier alpha value is -1.98. The van der Waals surface area contributed by atoms with Crippen molar-refractivity contribution in [1.82, 2.24) is 14.4 Å². The van der Waals surface area contributed by atoms with Crippen LogP contribution in [-0.4, -0.2) is 53.7 Å². The zero-order chi connectivity index (χ0) is 15.6. The van der Waals surface area contributed by atoms with Crippen LogP contribution in [0.15, 0.2) is 16.9 Å². The summed E-state index contributed by atoms with van der Waals surface area (Å²) in [5.41, 5.74) is 0.808. The highest BCUT2D eigenvalue weighted by Gasteiger charge is 2.24. The Morgan fingerprint density at radius 2 is 1.90 bits per heavy atom. The highest BCUT2D eigenvalue weighted by atomic mass is 16.5. The maximum Gasteiger partial charge on any atom is 0.319 e. The monoisotopic (exact) mass is 293 g/mol. The smallest absolute Gasteiger partial charge is 0.319 e. The number of urea groups is 1. The molecule has 0 bridgehead atoms. The zero-order valence-corrected chi connectivity index (χ0v) is 13.1. The molecule has 0 unspecified atom stereocenters. The van der Waals surface area contributed by atoms with Crippen LogP contribution in [0.2, 0.25) is 0 Å². The van der Waals surface area contributed by atoms with Crippen molar-refractivity contribution >= 4 is 6.03 Å². The van der Waals surface area contributed by atoms with Gasteiger partial charge in [-0.25, -0.2) is 4.79 Å². The van der Waals surface area contributed by atoms with Crippen molar-refractivity contribution in [3.8, 4) is 5.75 Å². The van der Waals surface area contributed by atoms with Crippen molar-refractivity contribution in [3.63, 3.8) is 0 Å². The van der Waals surface area contributed by atoms with E-state index in [0.29, 0.717) is 18.8 Å². The Morgan fingerprint density at radius 1 is 1.29 bits per heavy atom. The number of likely N-dealkylation sites (tertiary alicyclic amines) is 1. The number of aryl methyl sites for hydroxylation is 1. The molecule has 0 aromatic carbocycles. The number of carbonyl (C=O) groups is 1. The molecule has 1 fully saturated rings. The average Bonchev–Trinajstić information content (AvgIpc) is 2.44. The SMILES string of the molecule is Cc1cc(OC2CCN(C(=O)N(C)C)CC2)cc(=O)n1C. The molecule has 6 heteroatoms. The molecule has 2 heterocycles. The van der Waals surface area contributed by atoms with E-state index >= 15 is 0 Å². The molecule has 0 radical (unpaired) electrons. The molecule has 0 spiro atoms. The van der Waals surface area contributed by atoms with Gasteiger partial charge in [-0.05, 0) is 13.0 Å². The Balaban J connectivity index is 1.95. The zero-order valence-electron chi connectivity index (χ0n) is 13.1. The Bertz CT molecular complexity index is 572. The molecule has 0 aliphatic carbocycles. The number of aromatic nitrogens is 1. The average molecular weight is 293 g/mol. The minimum atomic E-state index is -0.0646. The lowest BCUT2D eigenvalue weighted by Gasteiger charge is -2.33. The van der Waals surface area contributed by atoms with Gasteiger partial charge in [0.25, 0.3) is 5.56 Å². The second-order valence-electron chi connectivity index (χ2n) is 5.71. The third-order valence-electron chi connectivity index (χ3n) is 3.87. The van der Waals surface area contributed by atoms with E-state index < -0.39 is 0 Å². The fraction of sp³-hybridized carbons (Fsp3) is 0.600. The minimum Gasteiger partial charge on any atom is -0.490 e. The van der Waals surface area contributed by atoms with Crippen LogP contribution in [0.3, 0.4) is 0 Å². The van der Waals surface area contributed by atoms with Gasteiger partial charge in [-0.1, -0.05) is 0 Å². The summed E-state index contributed by atoms with van der Waals surface area (Å²) in [4.78, 5) is 27.0. The van der Waals surface area contributed by atoms with E-state index in [0.717, 1.165) is 18.5 Å². The molecular formula is C15H23N3O3. The lowest BCUT2D eigenvalue weighted by Crippen LogP contribution is -2.46. The quantitative estimate of drug-likeness (QED) is 0.824. The highest BCUT2D eigenvalue weighted by Crippen LogP contribution is 2.19. The van der Waals surface area contributed by atoms with Crippen LogP contribution in [0, 0.1) is 6.92 Å². The number of ether oxygens (including phenoxy) is 1. The Morgan fingerprint density at radius 3 is 2.43 bits per heavy atom. The summed E-state index contributed by atoms with van der Waals surface area (Å²) in [6, 6.07) is 3.43. The summed E-state index contributed by atoms with van der Waals surface area (Å²) < 4.78 is 7.48. The van der Waals surface area contributed by atoms with Gasteiger partial charge in [-0.15, -0.1) is 0 Å². The van der Waals surface area contributed by atoms with Gasteiger partial charge in [0.1, 0.15) is 11.9 Å². The first-order valence-corrected chi connectivity index (χ1v) is 7.19. The number of nitrogens with zero attached hydrogens (tertiary/aromatic N) is 3. The molecule has 1 aliphatic heterocycles. The predicted molar refractivity (Wildman–Crippen MR) is 80.7 cm³/mol. The number of carbonyl (C=O) groups excluding carboxylic acids is 1. The summed E-state index contributed by atoms with van der Waals surface area (Å²) >= 11 is 0. The first kappa shape index (κ1) is 15.4. The first-order valence-electron chi connectivity index (χ1n) is 7.19. The first-order chi connectivity index (χ1) is 9.88. The van der Waals surface area contributed by atoms with Crippen LogP contribution in [-0.2, 0) is 7.05 Å². The summed E-state index contributed by atoms with van der Waals surface area (Å²) in [6.07, 6.45) is 1.63. The standard InChI is InChI=1S/C15H23N3O3/c1-11-9-13(10-14(19)17(11)4)21-12-5-7-18(8-6-12)15(20)16(2)3/h9-10,12H,5-8H2,1-4H3. The molecule has 0 saturated carbocycles. The van der Waals surface area contributed by atoms with Gasteiger partial charge in [0.2, 0.25) is 0 Å². The number of hydrogen-bond acceptors (Lipinski definition) is 3. The molecular weight excluding hydrogens is 270 g/mol. The van der Waals surface area contributed by atoms with E-state index in [-0.39, 0.29) is 17.7 Å². The van der Waals surface area contributed by atoms with Crippen LogP contribution in [0.1, 0.15) is 18.5 Å². The topological polar surface area (TPSA) is 54.8 Å². The Labute approximate surface area is 124 Å². The van der Waals surface area contributed by atoms with Gasteiger partial charge in [-0.2, -0.15) is 0 Å². The molecule has 1 aromatic rings. The summed E-state index contributed by atoms with van der Waals surface area (Å²) in [5.74, 6) is 0.619. The molecule has 21 heavy (non-hydrogen) atoms. The van der Waals surface area contributed by atoms with E-state index in [4.69, 9.17) is 4.74 Å². The van der Waals surface area contributed by atoms with Crippen LogP contribution in [0.4, 0.5) is 4.79 Å². The summed E-state index contributed by atoms with van der Waals surface area (Å²) in [7, 11) is 5.26. The second-order valence-corrected chi connectivity index (χ2v) is 5.71.